The first-order valence-corrected chi connectivity index (χ1v) is 6.72. The molecule has 22 heavy (non-hydrogen) atoms. The Labute approximate surface area is 127 Å². The molecule has 0 spiro atoms. The Hall–Kier alpha value is -2.18. The SMILES string of the molecule is CC(C)(C)OC(=O)NCC(Cc1ccc(F)c(F)c1)C(=O)O. The average molecular weight is 315 g/mol. The van der Waals surface area contributed by atoms with Crippen LogP contribution in [0.15, 0.2) is 18.2 Å². The third kappa shape index (κ3) is 6.07. The van der Waals surface area contributed by atoms with Crippen molar-refractivity contribution in [3.05, 3.63) is 35.4 Å². The smallest absolute Gasteiger partial charge is 0.407 e. The van der Waals surface area contributed by atoms with Gasteiger partial charge in [0.25, 0.3) is 0 Å². The van der Waals surface area contributed by atoms with Gasteiger partial charge in [-0.3, -0.25) is 4.79 Å². The van der Waals surface area contributed by atoms with Gasteiger partial charge in [0.2, 0.25) is 0 Å². The van der Waals surface area contributed by atoms with Gasteiger partial charge >= 0.3 is 12.1 Å². The molecule has 7 heteroatoms. The molecule has 5 nitrogen and oxygen atoms in total. The first-order chi connectivity index (χ1) is 10.1. The molecule has 0 heterocycles. The molecule has 0 aliphatic rings. The second kappa shape index (κ2) is 7.20. The third-order valence-electron chi connectivity index (χ3n) is 2.71. The van der Waals surface area contributed by atoms with Crippen LogP contribution in [0.1, 0.15) is 26.3 Å². The molecule has 1 amide bonds. The molecule has 1 rings (SSSR count). The maximum Gasteiger partial charge on any atom is 0.407 e. The Balaban J connectivity index is 2.64. The van der Waals surface area contributed by atoms with Crippen LogP contribution in [0.2, 0.25) is 0 Å². The number of nitrogens with one attached hydrogen (secondary N) is 1. The minimum absolute atomic E-state index is 0.0394. The highest BCUT2D eigenvalue weighted by molar-refractivity contribution is 5.73. The summed E-state index contributed by atoms with van der Waals surface area (Å²) in [6.45, 7) is 4.87. The Morgan fingerprint density at radius 2 is 1.91 bits per heavy atom. The van der Waals surface area contributed by atoms with Crippen molar-refractivity contribution in [2.24, 2.45) is 5.92 Å². The van der Waals surface area contributed by atoms with Crippen molar-refractivity contribution in [2.75, 3.05) is 6.54 Å². The van der Waals surface area contributed by atoms with Crippen LogP contribution in [-0.2, 0) is 16.0 Å². The zero-order valence-corrected chi connectivity index (χ0v) is 12.7. The van der Waals surface area contributed by atoms with Crippen molar-refractivity contribution >= 4 is 12.1 Å². The fourth-order valence-electron chi connectivity index (χ4n) is 1.72. The zero-order valence-electron chi connectivity index (χ0n) is 12.7. The van der Waals surface area contributed by atoms with Crippen LogP contribution in [0, 0.1) is 17.6 Å². The van der Waals surface area contributed by atoms with Crippen LogP contribution in [0.5, 0.6) is 0 Å². The van der Waals surface area contributed by atoms with Crippen LogP contribution in [-0.4, -0.2) is 29.3 Å². The molecular weight excluding hydrogens is 296 g/mol. The lowest BCUT2D eigenvalue weighted by atomic mass is 9.99. The molecule has 0 aliphatic heterocycles. The predicted octanol–water partition coefficient (Wildman–Crippen LogP) is 2.73. The highest BCUT2D eigenvalue weighted by Crippen LogP contribution is 2.14. The maximum atomic E-state index is 13.1. The van der Waals surface area contributed by atoms with Crippen molar-refractivity contribution in [3.8, 4) is 0 Å². The number of aliphatic carboxylic acids is 1. The normalized spacial score (nSPS) is 12.6. The number of rotatable bonds is 5. The number of carboxylic acids is 1. The molecule has 0 saturated carbocycles. The third-order valence-corrected chi connectivity index (χ3v) is 2.71. The van der Waals surface area contributed by atoms with Gasteiger partial charge in [-0.05, 0) is 44.9 Å². The molecule has 0 aliphatic carbocycles. The zero-order chi connectivity index (χ0) is 16.9. The Morgan fingerprint density at radius 1 is 1.27 bits per heavy atom. The standard InChI is InChI=1S/C15H19F2NO4/c1-15(2,3)22-14(21)18-8-10(13(19)20)6-9-4-5-11(16)12(17)7-9/h4-5,7,10H,6,8H2,1-3H3,(H,18,21)(H,19,20). The number of ether oxygens (including phenoxy) is 1. The van der Waals surface area contributed by atoms with Crippen molar-refractivity contribution in [2.45, 2.75) is 32.8 Å². The molecule has 1 aromatic carbocycles. The first kappa shape index (κ1) is 17.9. The largest absolute Gasteiger partial charge is 0.481 e. The van der Waals surface area contributed by atoms with Gasteiger partial charge < -0.3 is 15.2 Å². The Kier molecular flexibility index (Phi) is 5.84. The van der Waals surface area contributed by atoms with Crippen LogP contribution in [0.4, 0.5) is 13.6 Å². The van der Waals surface area contributed by atoms with Gasteiger partial charge in [-0.25, -0.2) is 13.6 Å². The molecule has 0 radical (unpaired) electrons. The van der Waals surface area contributed by atoms with Gasteiger partial charge in [0.1, 0.15) is 5.60 Å². The summed E-state index contributed by atoms with van der Waals surface area (Å²) >= 11 is 0. The number of carbonyl (C=O) groups is 2. The molecule has 0 saturated heterocycles. The van der Waals surface area contributed by atoms with Gasteiger partial charge in [-0.15, -0.1) is 0 Å². The lowest BCUT2D eigenvalue weighted by Gasteiger charge is -2.21. The second-order valence-electron chi connectivity index (χ2n) is 5.87. The van der Waals surface area contributed by atoms with Crippen LogP contribution in [0.3, 0.4) is 0 Å². The predicted molar refractivity (Wildman–Crippen MR) is 75.4 cm³/mol. The molecule has 0 aromatic heterocycles. The summed E-state index contributed by atoms with van der Waals surface area (Å²) in [5.74, 6) is -4.16. The van der Waals surface area contributed by atoms with Gasteiger partial charge in [0.15, 0.2) is 11.6 Å². The summed E-state index contributed by atoms with van der Waals surface area (Å²) in [7, 11) is 0. The number of carbonyl (C=O) groups excluding carboxylic acids is 1. The highest BCUT2D eigenvalue weighted by Gasteiger charge is 2.22. The van der Waals surface area contributed by atoms with E-state index in [1.165, 1.54) is 6.07 Å². The number of hydrogen-bond acceptors (Lipinski definition) is 3. The average Bonchev–Trinajstić information content (AvgIpc) is 2.36. The van der Waals surface area contributed by atoms with Gasteiger partial charge in [-0.1, -0.05) is 6.07 Å². The quantitative estimate of drug-likeness (QED) is 0.876. The van der Waals surface area contributed by atoms with E-state index in [9.17, 15) is 18.4 Å². The van der Waals surface area contributed by atoms with E-state index >= 15 is 0 Å². The van der Waals surface area contributed by atoms with E-state index in [1.807, 2.05) is 0 Å². The van der Waals surface area contributed by atoms with Crippen molar-refractivity contribution in [1.82, 2.24) is 5.32 Å². The molecule has 1 aromatic rings. The maximum absolute atomic E-state index is 13.1. The van der Waals surface area contributed by atoms with Gasteiger partial charge in [0, 0.05) is 6.54 Å². The van der Waals surface area contributed by atoms with Crippen LogP contribution < -0.4 is 5.32 Å². The molecule has 122 valence electrons. The molecule has 1 atom stereocenters. The summed E-state index contributed by atoms with van der Waals surface area (Å²) in [5, 5.41) is 11.5. The number of carboxylic acid groups (broad SMARTS) is 1. The van der Waals surface area contributed by atoms with Crippen LogP contribution >= 0.6 is 0 Å². The molecule has 0 fully saturated rings. The Morgan fingerprint density at radius 3 is 2.41 bits per heavy atom. The monoisotopic (exact) mass is 315 g/mol. The number of amides is 1. The van der Waals surface area contributed by atoms with E-state index in [2.05, 4.69) is 5.32 Å². The summed E-state index contributed by atoms with van der Waals surface area (Å²) in [6, 6.07) is 3.19. The first-order valence-electron chi connectivity index (χ1n) is 6.72. The highest BCUT2D eigenvalue weighted by atomic mass is 19.2. The fourth-order valence-corrected chi connectivity index (χ4v) is 1.72. The Bertz CT molecular complexity index is 555. The van der Waals surface area contributed by atoms with Crippen molar-refractivity contribution in [3.63, 3.8) is 0 Å². The minimum Gasteiger partial charge on any atom is -0.481 e. The molecular formula is C15H19F2NO4. The number of benzene rings is 1. The van der Waals surface area contributed by atoms with Crippen molar-refractivity contribution < 1.29 is 28.2 Å². The summed E-state index contributed by atoms with van der Waals surface area (Å²) in [4.78, 5) is 22.7. The second-order valence-corrected chi connectivity index (χ2v) is 5.87. The van der Waals surface area contributed by atoms with E-state index in [0.717, 1.165) is 12.1 Å². The van der Waals surface area contributed by atoms with E-state index in [1.54, 1.807) is 20.8 Å². The molecule has 0 bridgehead atoms. The van der Waals surface area contributed by atoms with Gasteiger partial charge in [-0.2, -0.15) is 0 Å². The van der Waals surface area contributed by atoms with E-state index in [0.29, 0.717) is 5.56 Å². The van der Waals surface area contributed by atoms with E-state index in [4.69, 9.17) is 9.84 Å². The van der Waals surface area contributed by atoms with E-state index in [-0.39, 0.29) is 13.0 Å². The lowest BCUT2D eigenvalue weighted by Crippen LogP contribution is -2.37. The topological polar surface area (TPSA) is 75.6 Å². The molecule has 2 N–H and O–H groups in total. The number of hydrogen-bond donors (Lipinski definition) is 2. The fraction of sp³-hybridized carbons (Fsp3) is 0.467. The lowest BCUT2D eigenvalue weighted by molar-refractivity contribution is -0.141. The van der Waals surface area contributed by atoms with E-state index < -0.39 is 35.2 Å². The summed E-state index contributed by atoms with van der Waals surface area (Å²) in [6.07, 6.45) is -0.772. The number of alkyl carbamates (subject to hydrolysis) is 1. The van der Waals surface area contributed by atoms with Crippen LogP contribution in [0.25, 0.3) is 0 Å². The summed E-state index contributed by atoms with van der Waals surface area (Å²) < 4.78 is 31.0. The summed E-state index contributed by atoms with van der Waals surface area (Å²) in [5.41, 5.74) is -0.361. The number of halogens is 2. The minimum atomic E-state index is -1.15. The van der Waals surface area contributed by atoms with Crippen molar-refractivity contribution in [1.29, 1.82) is 0 Å². The van der Waals surface area contributed by atoms with Gasteiger partial charge in [0.05, 0.1) is 5.92 Å². The molecule has 1 unspecified atom stereocenters.